The van der Waals surface area contributed by atoms with Crippen LogP contribution >= 0.6 is 11.8 Å². The molecule has 0 heterocycles. The minimum Gasteiger partial charge on any atom is -0.455 e. The van der Waals surface area contributed by atoms with Gasteiger partial charge in [0.25, 0.3) is 5.91 Å². The average molecular weight is 403 g/mol. The number of thioether (sulfide) groups is 1. The summed E-state index contributed by atoms with van der Waals surface area (Å²) in [6.07, 6.45) is -4.81. The highest BCUT2D eigenvalue weighted by Crippen LogP contribution is 2.24. The molecule has 0 fully saturated rings. The fourth-order valence-corrected chi connectivity index (χ4v) is 2.56. The minimum atomic E-state index is -4.81. The lowest BCUT2D eigenvalue weighted by Gasteiger charge is -2.10. The number of carbonyl (C=O) groups is 2. The van der Waals surface area contributed by atoms with E-state index in [1.165, 1.54) is 30.3 Å². The van der Waals surface area contributed by atoms with E-state index >= 15 is 0 Å². The van der Waals surface area contributed by atoms with Crippen LogP contribution in [-0.4, -0.2) is 30.6 Å². The number of ether oxygens (including phenoxy) is 2. The molecule has 5 nitrogen and oxygen atoms in total. The number of halogens is 4. The second-order valence-corrected chi connectivity index (χ2v) is 6.02. The average Bonchev–Trinajstić information content (AvgIpc) is 2.60. The van der Waals surface area contributed by atoms with Crippen LogP contribution in [0.2, 0.25) is 0 Å². The van der Waals surface area contributed by atoms with Gasteiger partial charge in [-0.1, -0.05) is 12.1 Å². The van der Waals surface area contributed by atoms with Gasteiger partial charge in [0.15, 0.2) is 6.61 Å². The highest BCUT2D eigenvalue weighted by atomic mass is 32.2. The molecule has 0 aliphatic heterocycles. The van der Waals surface area contributed by atoms with Gasteiger partial charge in [-0.3, -0.25) is 9.59 Å². The first-order valence-corrected chi connectivity index (χ1v) is 8.40. The van der Waals surface area contributed by atoms with E-state index in [4.69, 9.17) is 4.74 Å². The van der Waals surface area contributed by atoms with Gasteiger partial charge in [0.05, 0.1) is 5.75 Å². The van der Waals surface area contributed by atoms with Crippen molar-refractivity contribution in [3.63, 3.8) is 0 Å². The standard InChI is InChI=1S/C17H13F4NO4S/c18-13-3-1-2-4-14(13)27-10-16(24)25-9-15(23)22-11-5-7-12(8-6-11)26-17(19,20)21/h1-8H,9-10H2,(H,22,23). The number of alkyl halides is 3. The number of anilines is 1. The molecule has 144 valence electrons. The summed E-state index contributed by atoms with van der Waals surface area (Å²) in [5.41, 5.74) is 0.200. The normalized spacial score (nSPS) is 11.0. The fraction of sp³-hybridized carbons (Fsp3) is 0.176. The smallest absolute Gasteiger partial charge is 0.455 e. The Kier molecular flexibility index (Phi) is 7.05. The molecule has 27 heavy (non-hydrogen) atoms. The Morgan fingerprint density at radius 3 is 2.33 bits per heavy atom. The molecule has 0 atom stereocenters. The maximum atomic E-state index is 13.4. The Labute approximate surface area is 155 Å². The van der Waals surface area contributed by atoms with Crippen molar-refractivity contribution in [3.05, 3.63) is 54.3 Å². The first-order valence-electron chi connectivity index (χ1n) is 7.41. The molecule has 0 radical (unpaired) electrons. The number of rotatable bonds is 7. The third kappa shape index (κ3) is 7.57. The highest BCUT2D eigenvalue weighted by Gasteiger charge is 2.30. The van der Waals surface area contributed by atoms with E-state index in [1.807, 2.05) is 0 Å². The van der Waals surface area contributed by atoms with Gasteiger partial charge in [0, 0.05) is 10.6 Å². The van der Waals surface area contributed by atoms with Crippen LogP contribution in [0.5, 0.6) is 5.75 Å². The van der Waals surface area contributed by atoms with E-state index in [0.29, 0.717) is 0 Å². The summed E-state index contributed by atoms with van der Waals surface area (Å²) in [6.45, 7) is -0.586. The molecule has 0 aromatic heterocycles. The zero-order chi connectivity index (χ0) is 19.9. The van der Waals surface area contributed by atoms with Crippen molar-refractivity contribution in [1.29, 1.82) is 0 Å². The molecule has 2 aromatic carbocycles. The summed E-state index contributed by atoms with van der Waals surface area (Å²) in [4.78, 5) is 23.6. The van der Waals surface area contributed by atoms with Crippen LogP contribution in [0, 0.1) is 5.82 Å². The van der Waals surface area contributed by atoms with Gasteiger partial charge in [-0.25, -0.2) is 4.39 Å². The highest BCUT2D eigenvalue weighted by molar-refractivity contribution is 8.00. The van der Waals surface area contributed by atoms with E-state index in [9.17, 15) is 27.2 Å². The van der Waals surface area contributed by atoms with Gasteiger partial charge in [-0.05, 0) is 36.4 Å². The SMILES string of the molecule is O=C(COC(=O)CSc1ccccc1F)Nc1ccc(OC(F)(F)F)cc1. The molecule has 0 aliphatic carbocycles. The van der Waals surface area contributed by atoms with Gasteiger partial charge in [-0.2, -0.15) is 0 Å². The summed E-state index contributed by atoms with van der Waals surface area (Å²) in [6, 6.07) is 10.4. The van der Waals surface area contributed by atoms with Crippen molar-refractivity contribution < 1.29 is 36.6 Å². The number of nitrogens with one attached hydrogen (secondary N) is 1. The molecular formula is C17H13F4NO4S. The van der Waals surface area contributed by atoms with Crippen molar-refractivity contribution in [2.75, 3.05) is 17.7 Å². The van der Waals surface area contributed by atoms with Crippen LogP contribution in [-0.2, 0) is 14.3 Å². The summed E-state index contributed by atoms with van der Waals surface area (Å²) in [5.74, 6) is -2.48. The van der Waals surface area contributed by atoms with Gasteiger partial charge in [0.2, 0.25) is 0 Å². The molecule has 1 amide bonds. The van der Waals surface area contributed by atoms with Crippen LogP contribution in [0.15, 0.2) is 53.4 Å². The Hall–Kier alpha value is -2.75. The molecule has 0 bridgehead atoms. The van der Waals surface area contributed by atoms with Crippen LogP contribution in [0.1, 0.15) is 0 Å². The Morgan fingerprint density at radius 1 is 1.04 bits per heavy atom. The van der Waals surface area contributed by atoms with E-state index in [2.05, 4.69) is 10.1 Å². The van der Waals surface area contributed by atoms with Crippen molar-refractivity contribution in [2.45, 2.75) is 11.3 Å². The molecule has 0 spiro atoms. The third-order valence-electron chi connectivity index (χ3n) is 2.92. The summed E-state index contributed by atoms with van der Waals surface area (Å²) < 4.78 is 58.0. The monoisotopic (exact) mass is 403 g/mol. The molecule has 0 saturated heterocycles. The number of hydrogen-bond acceptors (Lipinski definition) is 5. The molecule has 2 rings (SSSR count). The topological polar surface area (TPSA) is 64.6 Å². The van der Waals surface area contributed by atoms with Crippen LogP contribution in [0.25, 0.3) is 0 Å². The predicted molar refractivity (Wildman–Crippen MR) is 89.8 cm³/mol. The van der Waals surface area contributed by atoms with Gasteiger partial charge in [0.1, 0.15) is 11.6 Å². The lowest BCUT2D eigenvalue weighted by molar-refractivity contribution is -0.274. The molecule has 0 saturated carbocycles. The number of hydrogen-bond donors (Lipinski definition) is 1. The maximum absolute atomic E-state index is 13.4. The summed E-state index contributed by atoms with van der Waals surface area (Å²) >= 11 is 0.930. The van der Waals surface area contributed by atoms with Crippen molar-refractivity contribution in [1.82, 2.24) is 0 Å². The summed E-state index contributed by atoms with van der Waals surface area (Å²) in [5, 5.41) is 2.35. The largest absolute Gasteiger partial charge is 0.573 e. The first-order chi connectivity index (χ1) is 12.7. The van der Waals surface area contributed by atoms with Crippen LogP contribution < -0.4 is 10.1 Å². The molecule has 0 unspecified atom stereocenters. The lowest BCUT2D eigenvalue weighted by atomic mass is 10.3. The van der Waals surface area contributed by atoms with E-state index in [-0.39, 0.29) is 16.3 Å². The fourth-order valence-electron chi connectivity index (χ4n) is 1.82. The number of carbonyl (C=O) groups excluding carboxylic acids is 2. The summed E-state index contributed by atoms with van der Waals surface area (Å²) in [7, 11) is 0. The van der Waals surface area contributed by atoms with Crippen LogP contribution in [0.4, 0.5) is 23.2 Å². The number of amides is 1. The lowest BCUT2D eigenvalue weighted by Crippen LogP contribution is -2.21. The van der Waals surface area contributed by atoms with E-state index in [1.54, 1.807) is 6.07 Å². The molecular weight excluding hydrogens is 390 g/mol. The first kappa shape index (κ1) is 20.6. The predicted octanol–water partition coefficient (Wildman–Crippen LogP) is 4.00. The second-order valence-electron chi connectivity index (χ2n) is 5.00. The maximum Gasteiger partial charge on any atom is 0.573 e. The molecule has 0 aliphatic rings. The zero-order valence-corrected chi connectivity index (χ0v) is 14.4. The van der Waals surface area contributed by atoms with Gasteiger partial charge < -0.3 is 14.8 Å². The molecule has 2 aromatic rings. The van der Waals surface area contributed by atoms with Crippen LogP contribution in [0.3, 0.4) is 0 Å². The van der Waals surface area contributed by atoms with Gasteiger partial charge in [-0.15, -0.1) is 24.9 Å². The third-order valence-corrected chi connectivity index (χ3v) is 3.94. The minimum absolute atomic E-state index is 0.183. The Bertz CT molecular complexity index is 796. The molecule has 1 N–H and O–H groups in total. The Balaban J connectivity index is 1.74. The molecule has 10 heteroatoms. The van der Waals surface area contributed by atoms with Crippen molar-refractivity contribution >= 4 is 29.3 Å². The Morgan fingerprint density at radius 2 is 1.70 bits per heavy atom. The quantitative estimate of drug-likeness (QED) is 0.430. The second kappa shape index (κ2) is 9.26. The zero-order valence-electron chi connectivity index (χ0n) is 13.6. The van der Waals surface area contributed by atoms with Crippen molar-refractivity contribution in [2.24, 2.45) is 0 Å². The number of esters is 1. The number of benzene rings is 2. The van der Waals surface area contributed by atoms with Gasteiger partial charge >= 0.3 is 12.3 Å². The van der Waals surface area contributed by atoms with E-state index < -0.39 is 36.4 Å². The van der Waals surface area contributed by atoms with E-state index in [0.717, 1.165) is 23.9 Å². The van der Waals surface area contributed by atoms with Crippen molar-refractivity contribution in [3.8, 4) is 5.75 Å².